The number of ether oxygens (including phenoxy) is 1. The lowest BCUT2D eigenvalue weighted by Gasteiger charge is -2.07. The van der Waals surface area contributed by atoms with Gasteiger partial charge in [-0.2, -0.15) is 11.8 Å². The molecular weight excluding hydrogens is 245 g/mol. The van der Waals surface area contributed by atoms with Crippen molar-refractivity contribution < 1.29 is 9.13 Å². The van der Waals surface area contributed by atoms with Gasteiger partial charge in [0, 0.05) is 11.6 Å². The quantitative estimate of drug-likeness (QED) is 0.629. The molecule has 1 aromatic rings. The summed E-state index contributed by atoms with van der Waals surface area (Å²) in [4.78, 5) is 0.0615. The Hall–Kier alpha value is -0.810. The Kier molecular flexibility index (Phi) is 5.55. The van der Waals surface area contributed by atoms with Crippen molar-refractivity contribution in [3.8, 4) is 5.75 Å². The summed E-state index contributed by atoms with van der Waals surface area (Å²) >= 11 is 6.47. The molecule has 0 radical (unpaired) electrons. The normalized spacial score (nSPS) is 10.1. The minimum Gasteiger partial charge on any atom is -0.493 e. The van der Waals surface area contributed by atoms with E-state index in [4.69, 9.17) is 22.7 Å². The first-order chi connectivity index (χ1) is 7.65. The maximum Gasteiger partial charge on any atom is 0.137 e. The molecule has 88 valence electrons. The van der Waals surface area contributed by atoms with Crippen LogP contribution in [0.2, 0.25) is 0 Å². The Balaban J connectivity index is 2.56. The average molecular weight is 259 g/mol. The standard InChI is InChI=1S/C11H14FNOS2/c1-16-6-2-5-14-8-3-4-9(11(13)15)10(12)7-8/h3-4,7H,2,5-6H2,1H3,(H2,13,15). The van der Waals surface area contributed by atoms with Gasteiger partial charge in [0.2, 0.25) is 0 Å². The van der Waals surface area contributed by atoms with Crippen LogP contribution in [0.1, 0.15) is 12.0 Å². The SMILES string of the molecule is CSCCCOc1ccc(C(N)=S)c(F)c1. The van der Waals surface area contributed by atoms with E-state index in [0.717, 1.165) is 12.2 Å². The Labute approximate surface area is 104 Å². The van der Waals surface area contributed by atoms with Crippen LogP contribution in [0.5, 0.6) is 5.75 Å². The largest absolute Gasteiger partial charge is 0.493 e. The molecule has 16 heavy (non-hydrogen) atoms. The first-order valence-electron chi connectivity index (χ1n) is 4.86. The van der Waals surface area contributed by atoms with Crippen molar-refractivity contribution in [1.82, 2.24) is 0 Å². The monoisotopic (exact) mass is 259 g/mol. The molecule has 0 heterocycles. The fraction of sp³-hybridized carbons (Fsp3) is 0.364. The molecule has 0 bridgehead atoms. The predicted octanol–water partition coefficient (Wildman–Crippen LogP) is 2.59. The van der Waals surface area contributed by atoms with Gasteiger partial charge < -0.3 is 10.5 Å². The summed E-state index contributed by atoms with van der Waals surface area (Å²) in [5.74, 6) is 1.11. The number of rotatable bonds is 6. The van der Waals surface area contributed by atoms with Gasteiger partial charge in [-0.25, -0.2) is 4.39 Å². The van der Waals surface area contributed by atoms with E-state index in [0.29, 0.717) is 12.4 Å². The fourth-order valence-electron chi connectivity index (χ4n) is 1.18. The van der Waals surface area contributed by atoms with Gasteiger partial charge in [-0.15, -0.1) is 0 Å². The van der Waals surface area contributed by atoms with Crippen molar-refractivity contribution in [1.29, 1.82) is 0 Å². The third-order valence-corrected chi connectivity index (χ3v) is 2.88. The molecule has 0 saturated carbocycles. The Morgan fingerprint density at radius 1 is 1.56 bits per heavy atom. The second kappa shape index (κ2) is 6.70. The lowest BCUT2D eigenvalue weighted by molar-refractivity contribution is 0.317. The number of hydrogen-bond acceptors (Lipinski definition) is 3. The number of benzene rings is 1. The summed E-state index contributed by atoms with van der Waals surface area (Å²) in [7, 11) is 0. The Morgan fingerprint density at radius 3 is 2.88 bits per heavy atom. The van der Waals surface area contributed by atoms with Crippen molar-refractivity contribution in [2.75, 3.05) is 18.6 Å². The molecule has 5 heteroatoms. The van der Waals surface area contributed by atoms with Crippen LogP contribution in [0.4, 0.5) is 4.39 Å². The zero-order chi connectivity index (χ0) is 12.0. The predicted molar refractivity (Wildman–Crippen MR) is 70.8 cm³/mol. The molecule has 0 aromatic heterocycles. The molecule has 0 amide bonds. The van der Waals surface area contributed by atoms with Crippen LogP contribution >= 0.6 is 24.0 Å². The number of thiocarbonyl (C=S) groups is 1. The molecule has 2 N–H and O–H groups in total. The van der Waals surface area contributed by atoms with Gasteiger partial charge in [0.15, 0.2) is 0 Å². The van der Waals surface area contributed by atoms with E-state index in [1.54, 1.807) is 23.9 Å². The second-order valence-electron chi connectivity index (χ2n) is 3.20. The van der Waals surface area contributed by atoms with Crippen LogP contribution in [0, 0.1) is 5.82 Å². The van der Waals surface area contributed by atoms with Crippen LogP contribution in [0.3, 0.4) is 0 Å². The van der Waals surface area contributed by atoms with E-state index in [2.05, 4.69) is 0 Å². The van der Waals surface area contributed by atoms with Gasteiger partial charge in [-0.3, -0.25) is 0 Å². The van der Waals surface area contributed by atoms with Gasteiger partial charge in [0.1, 0.15) is 16.6 Å². The summed E-state index contributed by atoms with van der Waals surface area (Å²) in [6, 6.07) is 4.53. The number of thioether (sulfide) groups is 1. The van der Waals surface area contributed by atoms with Crippen LogP contribution < -0.4 is 10.5 Å². The maximum atomic E-state index is 13.4. The average Bonchev–Trinajstić information content (AvgIpc) is 2.24. The summed E-state index contributed by atoms with van der Waals surface area (Å²) in [6.45, 7) is 0.590. The molecule has 0 unspecified atom stereocenters. The summed E-state index contributed by atoms with van der Waals surface area (Å²) in [6.07, 6.45) is 2.98. The second-order valence-corrected chi connectivity index (χ2v) is 4.63. The number of halogens is 1. The first kappa shape index (κ1) is 13.3. The van der Waals surface area contributed by atoms with Gasteiger partial charge in [0.25, 0.3) is 0 Å². The molecule has 0 saturated heterocycles. The first-order valence-corrected chi connectivity index (χ1v) is 6.66. The van der Waals surface area contributed by atoms with Gasteiger partial charge in [-0.1, -0.05) is 12.2 Å². The molecule has 0 aliphatic rings. The third kappa shape index (κ3) is 3.98. The van der Waals surface area contributed by atoms with Crippen molar-refractivity contribution in [2.45, 2.75) is 6.42 Å². The minimum absolute atomic E-state index is 0.0615. The van der Waals surface area contributed by atoms with Crippen LogP contribution in [0.15, 0.2) is 18.2 Å². The zero-order valence-corrected chi connectivity index (χ0v) is 10.7. The molecule has 0 atom stereocenters. The number of nitrogens with two attached hydrogens (primary N) is 1. The van der Waals surface area contributed by atoms with E-state index in [-0.39, 0.29) is 10.6 Å². The smallest absolute Gasteiger partial charge is 0.137 e. The van der Waals surface area contributed by atoms with Gasteiger partial charge in [0.05, 0.1) is 6.61 Å². The van der Waals surface area contributed by atoms with Gasteiger partial charge in [-0.05, 0) is 30.6 Å². The molecule has 2 nitrogen and oxygen atoms in total. The zero-order valence-electron chi connectivity index (χ0n) is 9.03. The summed E-state index contributed by atoms with van der Waals surface area (Å²) in [5, 5.41) is 0. The van der Waals surface area contributed by atoms with Crippen molar-refractivity contribution in [2.24, 2.45) is 5.73 Å². The van der Waals surface area contributed by atoms with E-state index in [1.165, 1.54) is 6.07 Å². The third-order valence-electron chi connectivity index (χ3n) is 1.97. The van der Waals surface area contributed by atoms with Crippen LogP contribution in [-0.4, -0.2) is 23.6 Å². The molecule has 1 aromatic carbocycles. The lowest BCUT2D eigenvalue weighted by Crippen LogP contribution is -2.11. The molecule has 0 aliphatic carbocycles. The Bertz CT molecular complexity index is 371. The van der Waals surface area contributed by atoms with Gasteiger partial charge >= 0.3 is 0 Å². The summed E-state index contributed by atoms with van der Waals surface area (Å²) in [5.41, 5.74) is 5.61. The molecular formula is C11H14FNOS2. The number of hydrogen-bond donors (Lipinski definition) is 1. The highest BCUT2D eigenvalue weighted by Gasteiger charge is 2.06. The molecule has 0 spiro atoms. The highest BCUT2D eigenvalue weighted by molar-refractivity contribution is 7.98. The van der Waals surface area contributed by atoms with E-state index in [9.17, 15) is 4.39 Å². The highest BCUT2D eigenvalue weighted by atomic mass is 32.2. The molecule has 1 rings (SSSR count). The summed E-state index contributed by atoms with van der Waals surface area (Å²) < 4.78 is 18.8. The van der Waals surface area contributed by atoms with Crippen LogP contribution in [0.25, 0.3) is 0 Å². The van der Waals surface area contributed by atoms with E-state index >= 15 is 0 Å². The van der Waals surface area contributed by atoms with Crippen molar-refractivity contribution in [3.63, 3.8) is 0 Å². The minimum atomic E-state index is -0.435. The maximum absolute atomic E-state index is 13.4. The fourth-order valence-corrected chi connectivity index (χ4v) is 1.75. The molecule has 0 aliphatic heterocycles. The van der Waals surface area contributed by atoms with Crippen molar-refractivity contribution >= 4 is 29.0 Å². The lowest BCUT2D eigenvalue weighted by atomic mass is 10.2. The van der Waals surface area contributed by atoms with E-state index < -0.39 is 5.82 Å². The topological polar surface area (TPSA) is 35.2 Å². The van der Waals surface area contributed by atoms with Crippen molar-refractivity contribution in [3.05, 3.63) is 29.6 Å². The highest BCUT2D eigenvalue weighted by Crippen LogP contribution is 2.17. The van der Waals surface area contributed by atoms with Crippen LogP contribution in [-0.2, 0) is 0 Å². The van der Waals surface area contributed by atoms with E-state index in [1.807, 2.05) is 6.26 Å². The molecule has 0 fully saturated rings. The Morgan fingerprint density at radius 2 is 2.31 bits per heavy atom.